The molecule has 4 nitrogen and oxygen atoms in total. The third-order valence-electron chi connectivity index (χ3n) is 3.21. The van der Waals surface area contributed by atoms with Crippen LogP contribution in [0.1, 0.15) is 0 Å². The molecular weight excluding hydrogens is 243 g/mol. The van der Waals surface area contributed by atoms with Gasteiger partial charge in [-0.15, -0.1) is 10.2 Å². The minimum Gasteiger partial charge on any atom is -0.353 e. The number of hydrogen-bond acceptors (Lipinski definition) is 4. The highest BCUT2D eigenvalue weighted by Gasteiger charge is 2.12. The molecule has 1 aliphatic heterocycles. The van der Waals surface area contributed by atoms with Crippen molar-refractivity contribution in [1.82, 2.24) is 15.5 Å². The van der Waals surface area contributed by atoms with Gasteiger partial charge in [-0.05, 0) is 24.3 Å². The summed E-state index contributed by atoms with van der Waals surface area (Å²) in [5.74, 6) is 0.618. The Labute approximate surface area is 111 Å². The van der Waals surface area contributed by atoms with E-state index in [4.69, 9.17) is 0 Å². The summed E-state index contributed by atoms with van der Waals surface area (Å²) in [6, 6.07) is 10.2. The van der Waals surface area contributed by atoms with Gasteiger partial charge in [-0.1, -0.05) is 12.1 Å². The fourth-order valence-corrected chi connectivity index (χ4v) is 2.19. The zero-order valence-electron chi connectivity index (χ0n) is 10.5. The van der Waals surface area contributed by atoms with Crippen LogP contribution in [0.3, 0.4) is 0 Å². The quantitative estimate of drug-likeness (QED) is 0.890. The van der Waals surface area contributed by atoms with E-state index < -0.39 is 0 Å². The Bertz CT molecular complexity index is 550. The van der Waals surface area contributed by atoms with Gasteiger partial charge in [-0.3, -0.25) is 0 Å². The maximum Gasteiger partial charge on any atom is 0.151 e. The zero-order chi connectivity index (χ0) is 13.1. The molecule has 0 radical (unpaired) electrons. The Hall–Kier alpha value is -2.01. The summed E-state index contributed by atoms with van der Waals surface area (Å²) in [4.78, 5) is 2.19. The van der Waals surface area contributed by atoms with Crippen LogP contribution in [0, 0.1) is 5.82 Å². The molecular formula is C14H15FN4. The summed E-state index contributed by atoms with van der Waals surface area (Å²) in [6.45, 7) is 3.81. The molecule has 1 saturated heterocycles. The minimum absolute atomic E-state index is 0.259. The molecule has 2 aromatic rings. The molecule has 0 bridgehead atoms. The number of aromatic nitrogens is 2. The maximum absolute atomic E-state index is 13.2. The number of nitrogens with zero attached hydrogens (tertiary/aromatic N) is 3. The highest BCUT2D eigenvalue weighted by atomic mass is 19.1. The van der Waals surface area contributed by atoms with Gasteiger partial charge in [0.15, 0.2) is 5.82 Å². The second kappa shape index (κ2) is 5.32. The second-order valence-electron chi connectivity index (χ2n) is 4.52. The van der Waals surface area contributed by atoms with E-state index in [2.05, 4.69) is 20.4 Å². The molecule has 0 aliphatic carbocycles. The summed E-state index contributed by atoms with van der Waals surface area (Å²) >= 11 is 0. The average molecular weight is 258 g/mol. The molecule has 0 saturated carbocycles. The number of halogens is 1. The van der Waals surface area contributed by atoms with Crippen molar-refractivity contribution in [3.05, 3.63) is 42.2 Å². The summed E-state index contributed by atoms with van der Waals surface area (Å²) in [6.07, 6.45) is 0. The zero-order valence-corrected chi connectivity index (χ0v) is 10.5. The number of piperazine rings is 1. The molecule has 0 amide bonds. The maximum atomic E-state index is 13.2. The van der Waals surface area contributed by atoms with Gasteiger partial charge in [0.2, 0.25) is 0 Å². The van der Waals surface area contributed by atoms with Crippen LogP contribution < -0.4 is 10.2 Å². The number of hydrogen-bond donors (Lipinski definition) is 1. The normalized spacial score (nSPS) is 15.5. The number of benzene rings is 1. The molecule has 1 aromatic carbocycles. The van der Waals surface area contributed by atoms with Crippen molar-refractivity contribution >= 4 is 5.82 Å². The summed E-state index contributed by atoms with van der Waals surface area (Å²) in [5, 5.41) is 11.7. The molecule has 5 heteroatoms. The van der Waals surface area contributed by atoms with Crippen LogP contribution in [0.15, 0.2) is 36.4 Å². The average Bonchev–Trinajstić information content (AvgIpc) is 2.48. The molecule has 0 spiro atoms. The molecule has 2 heterocycles. The van der Waals surface area contributed by atoms with Crippen molar-refractivity contribution in [2.24, 2.45) is 0 Å². The fraction of sp³-hybridized carbons (Fsp3) is 0.286. The minimum atomic E-state index is -0.259. The Kier molecular flexibility index (Phi) is 3.37. The van der Waals surface area contributed by atoms with Crippen LogP contribution in [-0.2, 0) is 0 Å². The van der Waals surface area contributed by atoms with Crippen LogP contribution in [0.5, 0.6) is 0 Å². The SMILES string of the molecule is Fc1cccc(-c2ccc(N3CCNCC3)nn2)c1. The predicted octanol–water partition coefficient (Wildman–Crippen LogP) is 1.69. The lowest BCUT2D eigenvalue weighted by molar-refractivity contribution is 0.583. The molecule has 1 aliphatic rings. The van der Waals surface area contributed by atoms with Crippen molar-refractivity contribution in [1.29, 1.82) is 0 Å². The van der Waals surface area contributed by atoms with E-state index in [9.17, 15) is 4.39 Å². The van der Waals surface area contributed by atoms with E-state index >= 15 is 0 Å². The first-order valence-electron chi connectivity index (χ1n) is 6.38. The van der Waals surface area contributed by atoms with Gasteiger partial charge in [0.05, 0.1) is 5.69 Å². The van der Waals surface area contributed by atoms with Gasteiger partial charge in [0.25, 0.3) is 0 Å². The fourth-order valence-electron chi connectivity index (χ4n) is 2.19. The first-order valence-corrected chi connectivity index (χ1v) is 6.38. The van der Waals surface area contributed by atoms with Crippen LogP contribution in [0.25, 0.3) is 11.3 Å². The van der Waals surface area contributed by atoms with E-state index in [0.29, 0.717) is 5.69 Å². The van der Waals surface area contributed by atoms with Gasteiger partial charge < -0.3 is 10.2 Å². The summed E-state index contributed by atoms with van der Waals surface area (Å²) < 4.78 is 13.2. The Morgan fingerprint density at radius 1 is 1.05 bits per heavy atom. The van der Waals surface area contributed by atoms with E-state index in [1.807, 2.05) is 18.2 Å². The van der Waals surface area contributed by atoms with Crippen LogP contribution in [0.2, 0.25) is 0 Å². The topological polar surface area (TPSA) is 41.0 Å². The number of anilines is 1. The van der Waals surface area contributed by atoms with Crippen molar-refractivity contribution in [2.75, 3.05) is 31.1 Å². The second-order valence-corrected chi connectivity index (χ2v) is 4.52. The van der Waals surface area contributed by atoms with Crippen molar-refractivity contribution in [3.8, 4) is 11.3 Å². The lowest BCUT2D eigenvalue weighted by Gasteiger charge is -2.27. The first kappa shape index (κ1) is 12.0. The molecule has 1 aromatic heterocycles. The Morgan fingerprint density at radius 3 is 2.58 bits per heavy atom. The van der Waals surface area contributed by atoms with Crippen molar-refractivity contribution in [3.63, 3.8) is 0 Å². The standard InChI is InChI=1S/C14H15FN4/c15-12-3-1-2-11(10-12)13-4-5-14(18-17-13)19-8-6-16-7-9-19/h1-5,10,16H,6-9H2. The summed E-state index contributed by atoms with van der Waals surface area (Å²) in [5.41, 5.74) is 1.44. The van der Waals surface area contributed by atoms with E-state index in [-0.39, 0.29) is 5.82 Å². The molecule has 98 valence electrons. The smallest absolute Gasteiger partial charge is 0.151 e. The molecule has 1 N–H and O–H groups in total. The number of rotatable bonds is 2. The predicted molar refractivity (Wildman–Crippen MR) is 72.5 cm³/mol. The van der Waals surface area contributed by atoms with E-state index in [1.165, 1.54) is 12.1 Å². The first-order chi connectivity index (χ1) is 9.33. The lowest BCUT2D eigenvalue weighted by atomic mass is 10.1. The molecule has 1 fully saturated rings. The highest BCUT2D eigenvalue weighted by Crippen LogP contribution is 2.19. The van der Waals surface area contributed by atoms with Gasteiger partial charge in [-0.25, -0.2) is 4.39 Å². The monoisotopic (exact) mass is 258 g/mol. The lowest BCUT2D eigenvalue weighted by Crippen LogP contribution is -2.43. The van der Waals surface area contributed by atoms with Crippen LogP contribution in [-0.4, -0.2) is 36.4 Å². The summed E-state index contributed by atoms with van der Waals surface area (Å²) in [7, 11) is 0. The van der Waals surface area contributed by atoms with E-state index in [0.717, 1.165) is 37.6 Å². The molecule has 3 rings (SSSR count). The number of nitrogens with one attached hydrogen (secondary N) is 1. The van der Waals surface area contributed by atoms with Gasteiger partial charge in [0, 0.05) is 31.7 Å². The molecule has 0 unspecified atom stereocenters. The third-order valence-corrected chi connectivity index (χ3v) is 3.21. The third kappa shape index (κ3) is 2.71. The van der Waals surface area contributed by atoms with Crippen LogP contribution >= 0.6 is 0 Å². The Morgan fingerprint density at radius 2 is 1.89 bits per heavy atom. The van der Waals surface area contributed by atoms with Gasteiger partial charge >= 0.3 is 0 Å². The Balaban J connectivity index is 1.82. The highest BCUT2D eigenvalue weighted by molar-refractivity contribution is 5.59. The van der Waals surface area contributed by atoms with E-state index in [1.54, 1.807) is 6.07 Å². The van der Waals surface area contributed by atoms with Crippen molar-refractivity contribution < 1.29 is 4.39 Å². The van der Waals surface area contributed by atoms with Crippen molar-refractivity contribution in [2.45, 2.75) is 0 Å². The van der Waals surface area contributed by atoms with Gasteiger partial charge in [-0.2, -0.15) is 0 Å². The largest absolute Gasteiger partial charge is 0.353 e. The van der Waals surface area contributed by atoms with Gasteiger partial charge in [0.1, 0.15) is 5.82 Å². The molecule has 0 atom stereocenters. The molecule has 19 heavy (non-hydrogen) atoms. The van der Waals surface area contributed by atoms with Crippen LogP contribution in [0.4, 0.5) is 10.2 Å².